The van der Waals surface area contributed by atoms with Gasteiger partial charge in [0.15, 0.2) is 0 Å². The summed E-state index contributed by atoms with van der Waals surface area (Å²) in [6.07, 6.45) is 2.42. The summed E-state index contributed by atoms with van der Waals surface area (Å²) < 4.78 is 5.79. The van der Waals surface area contributed by atoms with Crippen LogP contribution in [0.15, 0.2) is 48.5 Å². The van der Waals surface area contributed by atoms with Gasteiger partial charge in [0.05, 0.1) is 6.10 Å². The van der Waals surface area contributed by atoms with E-state index in [9.17, 15) is 4.79 Å². The molecule has 1 saturated heterocycles. The molecule has 1 heterocycles. The highest BCUT2D eigenvalue weighted by atomic mass is 16.5. The Bertz CT molecular complexity index is 814. The van der Waals surface area contributed by atoms with Crippen molar-refractivity contribution in [3.63, 3.8) is 0 Å². The lowest BCUT2D eigenvalue weighted by atomic mass is 9.87. The highest BCUT2D eigenvalue weighted by molar-refractivity contribution is 5.94. The van der Waals surface area contributed by atoms with Crippen LogP contribution in [0.2, 0.25) is 0 Å². The van der Waals surface area contributed by atoms with Crippen molar-refractivity contribution in [1.82, 2.24) is 4.90 Å². The van der Waals surface area contributed by atoms with Gasteiger partial charge >= 0.3 is 0 Å². The number of carbonyl (C=O) groups is 1. The fourth-order valence-corrected chi connectivity index (χ4v) is 4.42. The molecule has 136 valence electrons. The second kappa shape index (κ2) is 6.46. The number of hydrogen-bond acceptors (Lipinski definition) is 2. The van der Waals surface area contributed by atoms with E-state index in [-0.39, 0.29) is 12.0 Å². The summed E-state index contributed by atoms with van der Waals surface area (Å²) in [5.74, 6) is 1.62. The predicted octanol–water partition coefficient (Wildman–Crippen LogP) is 4.59. The maximum atomic E-state index is 13.0. The average molecular weight is 349 g/mol. The van der Waals surface area contributed by atoms with Crippen molar-refractivity contribution in [3.8, 4) is 5.75 Å². The Morgan fingerprint density at radius 2 is 1.96 bits per heavy atom. The van der Waals surface area contributed by atoms with E-state index in [0.29, 0.717) is 11.3 Å². The highest BCUT2D eigenvalue weighted by Crippen LogP contribution is 2.59. The standard InChI is InChI=1S/C23H27NO2/c1-16(2)26-21-10-9-18(13-17(21)3)22(25)24-12-11-23(14-20(23)15-24)19-7-5-4-6-8-19/h4-10,13,16,20H,11-12,14-15H2,1-3H3. The molecule has 1 saturated carbocycles. The normalized spacial score (nSPS) is 24.3. The van der Waals surface area contributed by atoms with Crippen LogP contribution in [0.3, 0.4) is 0 Å². The predicted molar refractivity (Wildman–Crippen MR) is 104 cm³/mol. The zero-order valence-electron chi connectivity index (χ0n) is 15.9. The van der Waals surface area contributed by atoms with Crippen LogP contribution in [-0.2, 0) is 5.41 Å². The average Bonchev–Trinajstić information content (AvgIpc) is 3.38. The Morgan fingerprint density at radius 3 is 2.62 bits per heavy atom. The number of amides is 1. The molecule has 2 fully saturated rings. The highest BCUT2D eigenvalue weighted by Gasteiger charge is 2.57. The van der Waals surface area contributed by atoms with Gasteiger partial charge in [0.25, 0.3) is 5.91 Å². The van der Waals surface area contributed by atoms with Crippen LogP contribution in [0.25, 0.3) is 0 Å². The molecule has 26 heavy (non-hydrogen) atoms. The molecule has 0 bridgehead atoms. The number of rotatable bonds is 4. The Hall–Kier alpha value is -2.29. The maximum absolute atomic E-state index is 13.0. The molecular formula is C23H27NO2. The van der Waals surface area contributed by atoms with E-state index in [1.165, 1.54) is 12.0 Å². The number of likely N-dealkylation sites (tertiary alicyclic amines) is 1. The minimum atomic E-state index is 0.137. The fraction of sp³-hybridized carbons (Fsp3) is 0.435. The first kappa shape index (κ1) is 17.1. The van der Waals surface area contributed by atoms with E-state index in [2.05, 4.69) is 30.3 Å². The summed E-state index contributed by atoms with van der Waals surface area (Å²) in [5, 5.41) is 0. The van der Waals surface area contributed by atoms with Gasteiger partial charge in [-0.05, 0) is 68.9 Å². The van der Waals surface area contributed by atoms with E-state index in [1.807, 2.05) is 43.9 Å². The molecule has 2 aromatic rings. The topological polar surface area (TPSA) is 29.5 Å². The largest absolute Gasteiger partial charge is 0.491 e. The number of fused-ring (bicyclic) bond motifs is 1. The number of nitrogens with zero attached hydrogens (tertiary/aromatic N) is 1. The van der Waals surface area contributed by atoms with E-state index in [1.54, 1.807) is 0 Å². The molecule has 4 rings (SSSR count). The van der Waals surface area contributed by atoms with Crippen molar-refractivity contribution in [2.24, 2.45) is 5.92 Å². The lowest BCUT2D eigenvalue weighted by Gasteiger charge is -2.32. The van der Waals surface area contributed by atoms with Crippen LogP contribution in [-0.4, -0.2) is 30.0 Å². The Balaban J connectivity index is 1.45. The number of aryl methyl sites for hydroxylation is 1. The van der Waals surface area contributed by atoms with Crippen LogP contribution >= 0.6 is 0 Å². The quantitative estimate of drug-likeness (QED) is 0.808. The third-order valence-electron chi connectivity index (χ3n) is 5.92. The first-order chi connectivity index (χ1) is 12.5. The molecule has 1 aliphatic carbocycles. The van der Waals surface area contributed by atoms with Crippen LogP contribution in [0.4, 0.5) is 0 Å². The van der Waals surface area contributed by atoms with Crippen molar-refractivity contribution in [1.29, 1.82) is 0 Å². The third-order valence-corrected chi connectivity index (χ3v) is 5.92. The second-order valence-corrected chi connectivity index (χ2v) is 8.07. The van der Waals surface area contributed by atoms with E-state index in [0.717, 1.165) is 36.4 Å². The van der Waals surface area contributed by atoms with E-state index < -0.39 is 0 Å². The number of ether oxygens (including phenoxy) is 1. The lowest BCUT2D eigenvalue weighted by molar-refractivity contribution is 0.0707. The van der Waals surface area contributed by atoms with Crippen LogP contribution in [0.1, 0.15) is 48.2 Å². The van der Waals surface area contributed by atoms with Gasteiger partial charge < -0.3 is 9.64 Å². The van der Waals surface area contributed by atoms with Crippen molar-refractivity contribution in [3.05, 3.63) is 65.2 Å². The van der Waals surface area contributed by atoms with Gasteiger partial charge in [-0.3, -0.25) is 4.79 Å². The number of benzene rings is 2. The van der Waals surface area contributed by atoms with Gasteiger partial charge in [-0.15, -0.1) is 0 Å². The number of carbonyl (C=O) groups excluding carboxylic acids is 1. The zero-order chi connectivity index (χ0) is 18.3. The van der Waals surface area contributed by atoms with Gasteiger partial charge in [-0.25, -0.2) is 0 Å². The molecule has 0 aromatic heterocycles. The number of piperidine rings is 1. The zero-order valence-corrected chi connectivity index (χ0v) is 15.9. The summed E-state index contributed by atoms with van der Waals surface area (Å²) in [5.41, 5.74) is 3.56. The summed E-state index contributed by atoms with van der Waals surface area (Å²) in [6.45, 7) is 7.75. The summed E-state index contributed by atoms with van der Waals surface area (Å²) in [6, 6.07) is 16.6. The third kappa shape index (κ3) is 3.00. The van der Waals surface area contributed by atoms with Crippen molar-refractivity contribution >= 4 is 5.91 Å². The van der Waals surface area contributed by atoms with Crippen LogP contribution in [0, 0.1) is 12.8 Å². The molecule has 1 aliphatic heterocycles. The molecule has 3 nitrogen and oxygen atoms in total. The SMILES string of the molecule is Cc1cc(C(=O)N2CCC3(c4ccccc4)CC3C2)ccc1OC(C)C. The second-order valence-electron chi connectivity index (χ2n) is 8.07. The Kier molecular flexibility index (Phi) is 4.26. The minimum absolute atomic E-state index is 0.137. The Morgan fingerprint density at radius 1 is 1.19 bits per heavy atom. The van der Waals surface area contributed by atoms with Gasteiger partial charge in [-0.1, -0.05) is 30.3 Å². The van der Waals surface area contributed by atoms with Gasteiger partial charge in [-0.2, -0.15) is 0 Å². The van der Waals surface area contributed by atoms with Gasteiger partial charge in [0.1, 0.15) is 5.75 Å². The summed E-state index contributed by atoms with van der Waals surface area (Å²) in [4.78, 5) is 15.0. The lowest BCUT2D eigenvalue weighted by Crippen LogP contribution is -2.40. The smallest absolute Gasteiger partial charge is 0.253 e. The van der Waals surface area contributed by atoms with Gasteiger partial charge in [0, 0.05) is 24.1 Å². The van der Waals surface area contributed by atoms with Crippen LogP contribution in [0.5, 0.6) is 5.75 Å². The number of hydrogen-bond donors (Lipinski definition) is 0. The molecule has 2 aromatic carbocycles. The van der Waals surface area contributed by atoms with E-state index in [4.69, 9.17) is 4.74 Å². The molecule has 0 spiro atoms. The first-order valence-electron chi connectivity index (χ1n) is 9.62. The summed E-state index contributed by atoms with van der Waals surface area (Å²) >= 11 is 0. The molecule has 2 aliphatic rings. The molecule has 3 heteroatoms. The van der Waals surface area contributed by atoms with Crippen LogP contribution < -0.4 is 4.74 Å². The fourth-order valence-electron chi connectivity index (χ4n) is 4.42. The molecule has 1 amide bonds. The molecule has 0 radical (unpaired) electrons. The van der Waals surface area contributed by atoms with Crippen molar-refractivity contribution in [2.45, 2.75) is 45.1 Å². The molecule has 2 atom stereocenters. The van der Waals surface area contributed by atoms with Gasteiger partial charge in [0.2, 0.25) is 0 Å². The minimum Gasteiger partial charge on any atom is -0.491 e. The summed E-state index contributed by atoms with van der Waals surface area (Å²) in [7, 11) is 0. The van der Waals surface area contributed by atoms with Crippen molar-refractivity contribution in [2.75, 3.05) is 13.1 Å². The molecular weight excluding hydrogens is 322 g/mol. The Labute approximate surface area is 156 Å². The molecule has 0 N–H and O–H groups in total. The monoisotopic (exact) mass is 349 g/mol. The van der Waals surface area contributed by atoms with Crippen molar-refractivity contribution < 1.29 is 9.53 Å². The maximum Gasteiger partial charge on any atom is 0.253 e. The molecule has 2 unspecified atom stereocenters. The first-order valence-corrected chi connectivity index (χ1v) is 9.62. The van der Waals surface area contributed by atoms with E-state index >= 15 is 0 Å².